The van der Waals surface area contributed by atoms with Crippen molar-refractivity contribution < 1.29 is 9.84 Å². The van der Waals surface area contributed by atoms with Crippen molar-refractivity contribution in [3.63, 3.8) is 0 Å². The highest BCUT2D eigenvalue weighted by Crippen LogP contribution is 2.33. The summed E-state index contributed by atoms with van der Waals surface area (Å²) in [6, 6.07) is 18.8. The van der Waals surface area contributed by atoms with E-state index in [-0.39, 0.29) is 6.61 Å². The van der Waals surface area contributed by atoms with Crippen LogP contribution in [0.25, 0.3) is 0 Å². The van der Waals surface area contributed by atoms with E-state index < -0.39 is 0 Å². The zero-order valence-corrected chi connectivity index (χ0v) is 13.0. The van der Waals surface area contributed by atoms with Crippen LogP contribution in [0.2, 0.25) is 0 Å². The molecule has 3 heteroatoms. The Morgan fingerprint density at radius 1 is 1.05 bits per heavy atom. The third kappa shape index (κ3) is 3.32. The van der Waals surface area contributed by atoms with Crippen LogP contribution in [0, 0.1) is 5.92 Å². The molecule has 1 fully saturated rings. The molecule has 2 atom stereocenters. The maximum Gasteiger partial charge on any atom is 0.118 e. The minimum absolute atomic E-state index is 0.238. The standard InChI is InChI=1S/C19H23NO2/c1-22-18-9-7-16(8-10-18)19-13-20(12-17(19)14-21)11-15-5-3-2-4-6-15/h2-10,17,19,21H,11-14H2,1H3/t17-,19+/m0/s1. The first-order chi connectivity index (χ1) is 10.8. The summed E-state index contributed by atoms with van der Waals surface area (Å²) in [6.45, 7) is 3.13. The van der Waals surface area contributed by atoms with E-state index in [1.54, 1.807) is 7.11 Å². The quantitative estimate of drug-likeness (QED) is 0.921. The van der Waals surface area contributed by atoms with Gasteiger partial charge in [0.2, 0.25) is 0 Å². The SMILES string of the molecule is COc1ccc([C@H]2CN(Cc3ccccc3)C[C@H]2CO)cc1. The van der Waals surface area contributed by atoms with Crippen molar-refractivity contribution >= 4 is 0 Å². The van der Waals surface area contributed by atoms with Gasteiger partial charge in [-0.05, 0) is 23.3 Å². The molecule has 1 N–H and O–H groups in total. The van der Waals surface area contributed by atoms with Gasteiger partial charge in [0.25, 0.3) is 0 Å². The summed E-state index contributed by atoms with van der Waals surface area (Å²) < 4.78 is 5.23. The van der Waals surface area contributed by atoms with Crippen molar-refractivity contribution in [1.82, 2.24) is 4.90 Å². The molecule has 0 bridgehead atoms. The Labute approximate surface area is 132 Å². The Morgan fingerprint density at radius 3 is 2.41 bits per heavy atom. The van der Waals surface area contributed by atoms with Gasteiger partial charge in [-0.2, -0.15) is 0 Å². The lowest BCUT2D eigenvalue weighted by Gasteiger charge is -2.17. The van der Waals surface area contributed by atoms with Gasteiger partial charge in [-0.3, -0.25) is 4.90 Å². The number of ether oxygens (including phenoxy) is 1. The largest absolute Gasteiger partial charge is 0.497 e. The molecule has 0 spiro atoms. The fourth-order valence-corrected chi connectivity index (χ4v) is 3.35. The summed E-state index contributed by atoms with van der Waals surface area (Å²) in [6.07, 6.45) is 0. The molecule has 3 nitrogen and oxygen atoms in total. The van der Waals surface area contributed by atoms with Crippen molar-refractivity contribution in [2.75, 3.05) is 26.8 Å². The van der Waals surface area contributed by atoms with E-state index in [0.717, 1.165) is 25.4 Å². The number of likely N-dealkylation sites (tertiary alicyclic amines) is 1. The number of rotatable bonds is 5. The Kier molecular flexibility index (Phi) is 4.76. The summed E-state index contributed by atoms with van der Waals surface area (Å²) >= 11 is 0. The summed E-state index contributed by atoms with van der Waals surface area (Å²) in [4.78, 5) is 2.44. The van der Waals surface area contributed by atoms with Crippen LogP contribution >= 0.6 is 0 Å². The lowest BCUT2D eigenvalue weighted by Crippen LogP contribution is -2.20. The molecule has 0 aromatic heterocycles. The smallest absolute Gasteiger partial charge is 0.118 e. The summed E-state index contributed by atoms with van der Waals surface area (Å²) in [7, 11) is 1.68. The fraction of sp³-hybridized carbons (Fsp3) is 0.368. The Hall–Kier alpha value is -1.84. The first-order valence-corrected chi connectivity index (χ1v) is 7.81. The zero-order chi connectivity index (χ0) is 15.4. The van der Waals surface area contributed by atoms with Crippen molar-refractivity contribution in [2.45, 2.75) is 12.5 Å². The van der Waals surface area contributed by atoms with Gasteiger partial charge in [-0.15, -0.1) is 0 Å². The lowest BCUT2D eigenvalue weighted by atomic mass is 9.89. The van der Waals surface area contributed by atoms with Gasteiger partial charge in [0.05, 0.1) is 7.11 Å². The van der Waals surface area contributed by atoms with Crippen LogP contribution in [0.15, 0.2) is 54.6 Å². The lowest BCUT2D eigenvalue weighted by molar-refractivity contribution is 0.214. The number of aliphatic hydroxyl groups is 1. The summed E-state index contributed by atoms with van der Waals surface area (Å²) in [5, 5.41) is 9.73. The van der Waals surface area contributed by atoms with Crippen LogP contribution in [-0.2, 0) is 6.54 Å². The van der Waals surface area contributed by atoms with Gasteiger partial charge in [-0.25, -0.2) is 0 Å². The maximum atomic E-state index is 9.73. The van der Waals surface area contributed by atoms with Crippen LogP contribution < -0.4 is 4.74 Å². The van der Waals surface area contributed by atoms with E-state index >= 15 is 0 Å². The van der Waals surface area contributed by atoms with E-state index in [9.17, 15) is 5.11 Å². The van der Waals surface area contributed by atoms with Gasteiger partial charge in [0.1, 0.15) is 5.75 Å². The van der Waals surface area contributed by atoms with Crippen LogP contribution in [0.3, 0.4) is 0 Å². The van der Waals surface area contributed by atoms with Crippen molar-refractivity contribution in [3.8, 4) is 5.75 Å². The predicted octanol–water partition coefficient (Wildman–Crippen LogP) is 2.90. The molecule has 1 heterocycles. The minimum atomic E-state index is 0.238. The second-order valence-corrected chi connectivity index (χ2v) is 6.00. The average Bonchev–Trinajstić information content (AvgIpc) is 2.99. The zero-order valence-electron chi connectivity index (χ0n) is 13.0. The third-order valence-electron chi connectivity index (χ3n) is 4.54. The normalized spacial score (nSPS) is 21.9. The molecule has 0 amide bonds. The Bertz CT molecular complexity index is 582. The first kappa shape index (κ1) is 15.1. The predicted molar refractivity (Wildman–Crippen MR) is 88.0 cm³/mol. The molecule has 0 radical (unpaired) electrons. The molecule has 0 unspecified atom stereocenters. The van der Waals surface area contributed by atoms with Gasteiger partial charge in [-0.1, -0.05) is 42.5 Å². The highest BCUT2D eigenvalue weighted by Gasteiger charge is 2.33. The molecule has 3 rings (SSSR count). The molecule has 116 valence electrons. The molecule has 1 saturated heterocycles. The van der Waals surface area contributed by atoms with Crippen LogP contribution in [0.4, 0.5) is 0 Å². The van der Waals surface area contributed by atoms with Crippen molar-refractivity contribution in [3.05, 3.63) is 65.7 Å². The molecular formula is C19H23NO2. The summed E-state index contributed by atoms with van der Waals surface area (Å²) in [5.74, 6) is 1.57. The molecule has 0 aliphatic carbocycles. The van der Waals surface area contributed by atoms with Crippen LogP contribution in [0.1, 0.15) is 17.0 Å². The van der Waals surface area contributed by atoms with E-state index in [0.29, 0.717) is 11.8 Å². The fourth-order valence-electron chi connectivity index (χ4n) is 3.35. The molecular weight excluding hydrogens is 274 g/mol. The number of hydrogen-bond donors (Lipinski definition) is 1. The van der Waals surface area contributed by atoms with E-state index in [1.807, 2.05) is 18.2 Å². The molecule has 1 aliphatic heterocycles. The highest BCUT2D eigenvalue weighted by molar-refractivity contribution is 5.31. The number of benzene rings is 2. The second kappa shape index (κ2) is 6.95. The average molecular weight is 297 g/mol. The highest BCUT2D eigenvalue weighted by atomic mass is 16.5. The molecule has 22 heavy (non-hydrogen) atoms. The third-order valence-corrected chi connectivity index (χ3v) is 4.54. The van der Waals surface area contributed by atoms with Crippen LogP contribution in [0.5, 0.6) is 5.75 Å². The Balaban J connectivity index is 1.71. The molecule has 1 aliphatic rings. The molecule has 2 aromatic rings. The van der Waals surface area contributed by atoms with Crippen LogP contribution in [-0.4, -0.2) is 36.8 Å². The number of hydrogen-bond acceptors (Lipinski definition) is 3. The van der Waals surface area contributed by atoms with Gasteiger partial charge < -0.3 is 9.84 Å². The topological polar surface area (TPSA) is 32.7 Å². The first-order valence-electron chi connectivity index (χ1n) is 7.81. The van der Waals surface area contributed by atoms with E-state index in [2.05, 4.69) is 41.3 Å². The molecule has 2 aromatic carbocycles. The van der Waals surface area contributed by atoms with Crippen molar-refractivity contribution in [2.24, 2.45) is 5.92 Å². The monoisotopic (exact) mass is 297 g/mol. The minimum Gasteiger partial charge on any atom is -0.497 e. The van der Waals surface area contributed by atoms with Gasteiger partial charge >= 0.3 is 0 Å². The maximum absolute atomic E-state index is 9.73. The number of methoxy groups -OCH3 is 1. The summed E-state index contributed by atoms with van der Waals surface area (Å²) in [5.41, 5.74) is 2.62. The van der Waals surface area contributed by atoms with E-state index in [1.165, 1.54) is 11.1 Å². The van der Waals surface area contributed by atoms with Crippen molar-refractivity contribution in [1.29, 1.82) is 0 Å². The molecule has 0 saturated carbocycles. The van der Waals surface area contributed by atoms with Gasteiger partial charge in [0, 0.05) is 38.1 Å². The Morgan fingerprint density at radius 2 is 1.77 bits per heavy atom. The number of aliphatic hydroxyl groups excluding tert-OH is 1. The second-order valence-electron chi connectivity index (χ2n) is 6.00. The van der Waals surface area contributed by atoms with E-state index in [4.69, 9.17) is 4.74 Å². The van der Waals surface area contributed by atoms with Gasteiger partial charge in [0.15, 0.2) is 0 Å². The number of nitrogens with zero attached hydrogens (tertiary/aromatic N) is 1.